The van der Waals surface area contributed by atoms with Crippen molar-refractivity contribution in [2.24, 2.45) is 5.92 Å². The minimum atomic E-state index is -0.680. The van der Waals surface area contributed by atoms with Crippen LogP contribution in [0.3, 0.4) is 0 Å². The number of pyridine rings is 1. The molecule has 3 heterocycles. The lowest BCUT2D eigenvalue weighted by Crippen LogP contribution is -2.39. The number of aromatic amines is 1. The summed E-state index contributed by atoms with van der Waals surface area (Å²) in [5, 5.41) is 8.97. The Balaban J connectivity index is 1.12. The molecule has 32 heavy (non-hydrogen) atoms. The molecule has 2 aromatic heterocycles. The van der Waals surface area contributed by atoms with E-state index in [1.807, 2.05) is 30.5 Å². The van der Waals surface area contributed by atoms with Gasteiger partial charge in [0.25, 0.3) is 0 Å². The monoisotopic (exact) mass is 434 g/mol. The third-order valence-electron chi connectivity index (χ3n) is 6.82. The number of piperidine rings is 1. The summed E-state index contributed by atoms with van der Waals surface area (Å²) in [6.07, 6.45) is 8.70. The second-order valence-electron chi connectivity index (χ2n) is 9.07. The molecule has 3 aromatic rings. The van der Waals surface area contributed by atoms with E-state index in [-0.39, 0.29) is 6.10 Å². The fourth-order valence-corrected chi connectivity index (χ4v) is 5.01. The lowest BCUT2D eigenvalue weighted by molar-refractivity contribution is -0.138. The van der Waals surface area contributed by atoms with Gasteiger partial charge in [0.1, 0.15) is 11.6 Å². The van der Waals surface area contributed by atoms with Crippen molar-refractivity contribution in [3.63, 3.8) is 0 Å². The zero-order valence-electron chi connectivity index (χ0n) is 18.2. The Kier molecular flexibility index (Phi) is 6.08. The molecular formula is C25H30N4O3. The maximum absolute atomic E-state index is 10.9. The van der Waals surface area contributed by atoms with E-state index in [0.717, 1.165) is 79.9 Å². The van der Waals surface area contributed by atoms with Crippen molar-refractivity contribution >= 4 is 22.8 Å². The Bertz CT molecular complexity index is 1020. The number of imidazole rings is 1. The first kappa shape index (κ1) is 20.9. The van der Waals surface area contributed by atoms with Gasteiger partial charge >= 0.3 is 5.97 Å². The number of H-pyrrole nitrogens is 1. The van der Waals surface area contributed by atoms with E-state index in [2.05, 4.69) is 27.0 Å². The van der Waals surface area contributed by atoms with Gasteiger partial charge in [-0.25, -0.2) is 9.97 Å². The van der Waals surface area contributed by atoms with Gasteiger partial charge in [-0.15, -0.1) is 0 Å². The number of nitrogens with one attached hydrogen (secondary N) is 1. The topological polar surface area (TPSA) is 91.3 Å². The minimum absolute atomic E-state index is 0.290. The number of hydrogen-bond donors (Lipinski definition) is 2. The number of aliphatic carboxylic acids is 1. The average Bonchev–Trinajstić information content (AvgIpc) is 3.25. The van der Waals surface area contributed by atoms with Crippen molar-refractivity contribution in [2.75, 3.05) is 18.0 Å². The Labute approximate surface area is 187 Å². The van der Waals surface area contributed by atoms with Crippen LogP contribution in [0.2, 0.25) is 0 Å². The standard InChI is InChI=1S/C25H30N4O3/c30-24(31)15-17-5-8-19(9-6-17)32-20-11-13-29(14-12-20)23-10-7-18(16-26-23)25-27-21-3-1-2-4-22(21)28-25/h1-4,7,10,16-17,19-20H,5-6,8-9,11-15H2,(H,27,28)(H,30,31)/t17-,19-. The highest BCUT2D eigenvalue weighted by atomic mass is 16.5. The van der Waals surface area contributed by atoms with E-state index in [0.29, 0.717) is 18.4 Å². The number of benzene rings is 1. The van der Waals surface area contributed by atoms with Gasteiger partial charge in [0.15, 0.2) is 0 Å². The maximum atomic E-state index is 10.9. The smallest absolute Gasteiger partial charge is 0.303 e. The zero-order valence-corrected chi connectivity index (χ0v) is 18.2. The van der Waals surface area contributed by atoms with Crippen LogP contribution in [0.5, 0.6) is 0 Å². The van der Waals surface area contributed by atoms with Gasteiger partial charge < -0.3 is 19.7 Å². The van der Waals surface area contributed by atoms with Crippen LogP contribution in [0.4, 0.5) is 5.82 Å². The predicted octanol–water partition coefficient (Wildman–Crippen LogP) is 4.64. The van der Waals surface area contributed by atoms with E-state index in [1.165, 1.54) is 0 Å². The molecule has 1 saturated heterocycles. The molecule has 1 saturated carbocycles. The number of aromatic nitrogens is 3. The van der Waals surface area contributed by atoms with E-state index >= 15 is 0 Å². The number of hydrogen-bond acceptors (Lipinski definition) is 5. The number of rotatable bonds is 6. The van der Waals surface area contributed by atoms with E-state index in [9.17, 15) is 4.79 Å². The Morgan fingerprint density at radius 2 is 1.78 bits per heavy atom. The number of carboxylic acid groups (broad SMARTS) is 1. The second-order valence-corrected chi connectivity index (χ2v) is 9.07. The van der Waals surface area contributed by atoms with E-state index in [1.54, 1.807) is 0 Å². The molecule has 7 heteroatoms. The first-order valence-electron chi connectivity index (χ1n) is 11.7. The Morgan fingerprint density at radius 1 is 1.03 bits per heavy atom. The highest BCUT2D eigenvalue weighted by Gasteiger charge is 2.27. The van der Waals surface area contributed by atoms with Crippen molar-refractivity contribution in [1.82, 2.24) is 15.0 Å². The second kappa shape index (κ2) is 9.28. The molecule has 0 spiro atoms. The van der Waals surface area contributed by atoms with Crippen molar-refractivity contribution in [3.05, 3.63) is 42.6 Å². The summed E-state index contributed by atoms with van der Waals surface area (Å²) < 4.78 is 6.37. The number of nitrogens with zero attached hydrogens (tertiary/aromatic N) is 3. The minimum Gasteiger partial charge on any atom is -0.481 e. The first-order valence-corrected chi connectivity index (χ1v) is 11.7. The lowest BCUT2D eigenvalue weighted by atomic mass is 9.85. The number of fused-ring (bicyclic) bond motifs is 1. The molecule has 0 amide bonds. The van der Waals surface area contributed by atoms with Crippen molar-refractivity contribution in [3.8, 4) is 11.4 Å². The maximum Gasteiger partial charge on any atom is 0.303 e. The van der Waals surface area contributed by atoms with Crippen LogP contribution in [0, 0.1) is 5.92 Å². The van der Waals surface area contributed by atoms with Gasteiger partial charge in [-0.2, -0.15) is 0 Å². The number of ether oxygens (including phenoxy) is 1. The van der Waals surface area contributed by atoms with Gasteiger partial charge in [-0.1, -0.05) is 12.1 Å². The SMILES string of the molecule is O=C(O)C[C@H]1CC[C@H](OC2CCN(c3ccc(-c4nc5ccccc5[nH]4)cn3)CC2)CC1. The number of para-hydroxylation sites is 2. The predicted molar refractivity (Wildman–Crippen MR) is 124 cm³/mol. The number of carboxylic acids is 1. The van der Waals surface area contributed by atoms with Crippen LogP contribution >= 0.6 is 0 Å². The number of anilines is 1. The highest BCUT2D eigenvalue weighted by Crippen LogP contribution is 2.31. The molecule has 168 valence electrons. The van der Waals surface area contributed by atoms with Crippen molar-refractivity contribution in [1.29, 1.82) is 0 Å². The van der Waals surface area contributed by atoms with E-state index in [4.69, 9.17) is 14.8 Å². The van der Waals surface area contributed by atoms with Crippen LogP contribution in [0.15, 0.2) is 42.6 Å². The molecule has 2 aliphatic rings. The lowest BCUT2D eigenvalue weighted by Gasteiger charge is -2.36. The molecule has 5 rings (SSSR count). The Morgan fingerprint density at radius 3 is 2.47 bits per heavy atom. The molecule has 2 fully saturated rings. The Hall–Kier alpha value is -2.93. The summed E-state index contributed by atoms with van der Waals surface area (Å²) in [6, 6.07) is 12.2. The summed E-state index contributed by atoms with van der Waals surface area (Å²) in [5.74, 6) is 1.48. The summed E-state index contributed by atoms with van der Waals surface area (Å²) in [5.41, 5.74) is 2.98. The molecule has 1 aliphatic heterocycles. The van der Waals surface area contributed by atoms with Crippen LogP contribution in [-0.4, -0.2) is 51.3 Å². The van der Waals surface area contributed by atoms with Gasteiger partial charge in [-0.3, -0.25) is 4.79 Å². The molecule has 0 unspecified atom stereocenters. The van der Waals surface area contributed by atoms with E-state index < -0.39 is 5.97 Å². The zero-order chi connectivity index (χ0) is 21.9. The molecular weight excluding hydrogens is 404 g/mol. The van der Waals surface area contributed by atoms with Crippen LogP contribution < -0.4 is 4.90 Å². The van der Waals surface area contributed by atoms with Gasteiger partial charge in [0, 0.05) is 31.3 Å². The van der Waals surface area contributed by atoms with Crippen molar-refractivity contribution in [2.45, 2.75) is 57.2 Å². The summed E-state index contributed by atoms with van der Waals surface area (Å²) in [6.45, 7) is 1.88. The fraction of sp³-hybridized carbons (Fsp3) is 0.480. The van der Waals surface area contributed by atoms with Crippen LogP contribution in [0.25, 0.3) is 22.4 Å². The first-order chi connectivity index (χ1) is 15.6. The third kappa shape index (κ3) is 4.78. The largest absolute Gasteiger partial charge is 0.481 e. The molecule has 1 aromatic carbocycles. The molecule has 0 bridgehead atoms. The summed E-state index contributed by atoms with van der Waals surface area (Å²) in [4.78, 5) is 25.9. The fourth-order valence-electron chi connectivity index (χ4n) is 5.01. The third-order valence-corrected chi connectivity index (χ3v) is 6.82. The van der Waals surface area contributed by atoms with Gasteiger partial charge in [0.05, 0.1) is 23.2 Å². The molecule has 0 radical (unpaired) electrons. The summed E-state index contributed by atoms with van der Waals surface area (Å²) in [7, 11) is 0. The quantitative estimate of drug-likeness (QED) is 0.587. The molecule has 2 N–H and O–H groups in total. The van der Waals surface area contributed by atoms with Gasteiger partial charge in [-0.05, 0) is 68.7 Å². The number of carbonyl (C=O) groups is 1. The van der Waals surface area contributed by atoms with Crippen LogP contribution in [-0.2, 0) is 9.53 Å². The summed E-state index contributed by atoms with van der Waals surface area (Å²) >= 11 is 0. The average molecular weight is 435 g/mol. The normalized spacial score (nSPS) is 22.3. The molecule has 1 aliphatic carbocycles. The molecule has 7 nitrogen and oxygen atoms in total. The van der Waals surface area contributed by atoms with Crippen molar-refractivity contribution < 1.29 is 14.6 Å². The van der Waals surface area contributed by atoms with Crippen LogP contribution in [0.1, 0.15) is 44.9 Å². The molecule has 0 atom stereocenters. The van der Waals surface area contributed by atoms with Gasteiger partial charge in [0.2, 0.25) is 0 Å². The highest BCUT2D eigenvalue weighted by molar-refractivity contribution is 5.79.